The highest BCUT2D eigenvalue weighted by atomic mass is 35.5. The van der Waals surface area contributed by atoms with Crippen LogP contribution in [-0.4, -0.2) is 17.7 Å². The molecule has 0 spiro atoms. The van der Waals surface area contributed by atoms with Gasteiger partial charge >= 0.3 is 12.1 Å². The molecule has 5 nitrogen and oxygen atoms in total. The van der Waals surface area contributed by atoms with Gasteiger partial charge in [0, 0.05) is 10.6 Å². The summed E-state index contributed by atoms with van der Waals surface area (Å²) < 4.78 is 43.5. The summed E-state index contributed by atoms with van der Waals surface area (Å²) in [7, 11) is 0. The second-order valence-corrected chi connectivity index (χ2v) is 7.79. The lowest BCUT2D eigenvalue weighted by atomic mass is 10.1. The van der Waals surface area contributed by atoms with E-state index in [-0.39, 0.29) is 6.61 Å². The summed E-state index contributed by atoms with van der Waals surface area (Å²) in [6.45, 7) is 1.35. The number of hydroxylamine groups is 1. The van der Waals surface area contributed by atoms with Crippen LogP contribution in [0.1, 0.15) is 27.8 Å². The van der Waals surface area contributed by atoms with E-state index in [1.54, 1.807) is 37.3 Å². The zero-order valence-corrected chi connectivity index (χ0v) is 18.8. The molecule has 3 aromatic rings. The molecule has 0 saturated heterocycles. The lowest BCUT2D eigenvalue weighted by Gasteiger charge is -2.15. The summed E-state index contributed by atoms with van der Waals surface area (Å²) >= 11 is 5.96. The molecule has 9 heteroatoms. The first-order valence-corrected chi connectivity index (χ1v) is 10.5. The molecular formula is C25H21ClF3NO4. The van der Waals surface area contributed by atoms with Gasteiger partial charge in [-0.05, 0) is 72.2 Å². The van der Waals surface area contributed by atoms with Gasteiger partial charge in [-0.2, -0.15) is 13.2 Å². The number of alkyl halides is 3. The Balaban J connectivity index is 1.78. The first-order valence-electron chi connectivity index (χ1n) is 10.1. The second kappa shape index (κ2) is 11.1. The summed E-state index contributed by atoms with van der Waals surface area (Å²) in [5.74, 6) is -0.646. The Morgan fingerprint density at radius 2 is 1.74 bits per heavy atom. The smallest absolute Gasteiger partial charge is 0.416 e. The van der Waals surface area contributed by atoms with Crippen molar-refractivity contribution < 1.29 is 32.6 Å². The highest BCUT2D eigenvalue weighted by Gasteiger charge is 2.29. The number of aryl methyl sites for hydroxylation is 1. The van der Waals surface area contributed by atoms with Crippen LogP contribution >= 0.6 is 11.6 Å². The molecule has 3 aromatic carbocycles. The number of aliphatic carboxylic acids is 1. The number of carbonyl (C=O) groups is 1. The van der Waals surface area contributed by atoms with Gasteiger partial charge in [0.1, 0.15) is 5.75 Å². The number of hydrogen-bond donors (Lipinski definition) is 2. The van der Waals surface area contributed by atoms with Crippen LogP contribution in [0.25, 0.3) is 11.8 Å². The number of benzene rings is 3. The van der Waals surface area contributed by atoms with Crippen molar-refractivity contribution in [1.29, 1.82) is 0 Å². The van der Waals surface area contributed by atoms with Crippen molar-refractivity contribution in [2.75, 3.05) is 6.61 Å². The van der Waals surface area contributed by atoms with E-state index in [0.717, 1.165) is 23.3 Å². The highest BCUT2D eigenvalue weighted by molar-refractivity contribution is 6.30. The molecule has 178 valence electrons. The molecule has 0 heterocycles. The Morgan fingerprint density at radius 1 is 1.06 bits per heavy atom. The maximum atomic E-state index is 12.7. The van der Waals surface area contributed by atoms with Gasteiger partial charge < -0.3 is 9.84 Å². The molecule has 0 aliphatic heterocycles. The van der Waals surface area contributed by atoms with Crippen molar-refractivity contribution in [2.45, 2.75) is 19.7 Å². The molecule has 0 amide bonds. The van der Waals surface area contributed by atoms with Crippen molar-refractivity contribution >= 4 is 29.3 Å². The minimum atomic E-state index is -4.40. The molecule has 0 bridgehead atoms. The van der Waals surface area contributed by atoms with Gasteiger partial charge in [-0.3, -0.25) is 10.3 Å². The summed E-state index contributed by atoms with van der Waals surface area (Å²) in [6, 6.07) is 17.0. The number of carboxylic acids is 1. The van der Waals surface area contributed by atoms with Gasteiger partial charge in [0.05, 0.1) is 17.9 Å². The Hall–Kier alpha value is -3.49. The molecule has 0 aliphatic rings. The average Bonchev–Trinajstić information content (AvgIpc) is 2.78. The lowest BCUT2D eigenvalue weighted by molar-refractivity contribution is -0.139. The fourth-order valence-electron chi connectivity index (χ4n) is 3.00. The molecule has 0 aromatic heterocycles. The van der Waals surface area contributed by atoms with E-state index in [9.17, 15) is 18.0 Å². The fourth-order valence-corrected chi connectivity index (χ4v) is 3.13. The van der Waals surface area contributed by atoms with E-state index in [0.29, 0.717) is 27.6 Å². The molecular weight excluding hydrogens is 471 g/mol. The number of carboxylic acid groups (broad SMARTS) is 1. The van der Waals surface area contributed by atoms with Crippen LogP contribution in [0, 0.1) is 6.92 Å². The summed E-state index contributed by atoms with van der Waals surface area (Å²) in [5, 5.41) is 9.40. The number of nitrogens with one attached hydrogen (secondary N) is 1. The van der Waals surface area contributed by atoms with Gasteiger partial charge in [0.25, 0.3) is 0 Å². The molecule has 2 N–H and O–H groups in total. The minimum Gasteiger partial charge on any atom is -0.482 e. The van der Waals surface area contributed by atoms with Gasteiger partial charge in [-0.1, -0.05) is 35.9 Å². The SMILES string of the molecule is Cc1cc(C(=Cc2ccc(Cl)cc2)NOCc2ccc(C(F)(F)F)cc2)ccc1OCC(=O)O. The van der Waals surface area contributed by atoms with Crippen LogP contribution in [0.3, 0.4) is 0 Å². The van der Waals surface area contributed by atoms with Gasteiger partial charge in [-0.15, -0.1) is 0 Å². The molecule has 0 saturated carbocycles. The topological polar surface area (TPSA) is 67.8 Å². The van der Waals surface area contributed by atoms with Crippen LogP contribution in [0.15, 0.2) is 66.7 Å². The van der Waals surface area contributed by atoms with Gasteiger partial charge in [0.2, 0.25) is 0 Å². The van der Waals surface area contributed by atoms with E-state index < -0.39 is 24.3 Å². The first kappa shape index (κ1) is 25.1. The summed E-state index contributed by atoms with van der Waals surface area (Å²) in [5.41, 5.74) is 5.52. The van der Waals surface area contributed by atoms with Gasteiger partial charge in [0.15, 0.2) is 6.61 Å². The number of hydrogen-bond acceptors (Lipinski definition) is 4. The first-order chi connectivity index (χ1) is 16.1. The van der Waals surface area contributed by atoms with E-state index >= 15 is 0 Å². The number of ether oxygens (including phenoxy) is 1. The number of halogens is 4. The van der Waals surface area contributed by atoms with Gasteiger partial charge in [-0.25, -0.2) is 4.79 Å². The predicted octanol–water partition coefficient (Wildman–Crippen LogP) is 6.35. The Morgan fingerprint density at radius 3 is 2.32 bits per heavy atom. The average molecular weight is 492 g/mol. The molecule has 0 fully saturated rings. The third-order valence-electron chi connectivity index (χ3n) is 4.72. The zero-order valence-electron chi connectivity index (χ0n) is 18.0. The molecule has 0 aliphatic carbocycles. The van der Waals surface area contributed by atoms with Crippen LogP contribution in [0.4, 0.5) is 13.2 Å². The van der Waals surface area contributed by atoms with E-state index in [2.05, 4.69) is 5.48 Å². The number of rotatable bonds is 9. The summed E-state index contributed by atoms with van der Waals surface area (Å²) in [4.78, 5) is 16.3. The molecule has 0 atom stereocenters. The largest absolute Gasteiger partial charge is 0.482 e. The normalized spacial score (nSPS) is 11.9. The van der Waals surface area contributed by atoms with Crippen molar-refractivity contribution in [2.24, 2.45) is 0 Å². The third-order valence-corrected chi connectivity index (χ3v) is 4.97. The fraction of sp³-hybridized carbons (Fsp3) is 0.160. The maximum absolute atomic E-state index is 12.7. The Bertz CT molecular complexity index is 1160. The van der Waals surface area contributed by atoms with Crippen LogP contribution < -0.4 is 10.2 Å². The van der Waals surface area contributed by atoms with Crippen molar-refractivity contribution in [3.05, 3.63) is 99.6 Å². The second-order valence-electron chi connectivity index (χ2n) is 7.36. The molecule has 0 radical (unpaired) electrons. The van der Waals surface area contributed by atoms with Crippen molar-refractivity contribution in [3.63, 3.8) is 0 Å². The van der Waals surface area contributed by atoms with Crippen molar-refractivity contribution in [1.82, 2.24) is 5.48 Å². The van der Waals surface area contributed by atoms with Crippen LogP contribution in [-0.2, 0) is 22.4 Å². The van der Waals surface area contributed by atoms with E-state index in [4.69, 9.17) is 26.3 Å². The molecule has 3 rings (SSSR count). The lowest BCUT2D eigenvalue weighted by Crippen LogP contribution is -2.14. The zero-order chi connectivity index (χ0) is 24.7. The Labute approximate surface area is 199 Å². The van der Waals surface area contributed by atoms with Crippen molar-refractivity contribution in [3.8, 4) is 5.75 Å². The minimum absolute atomic E-state index is 0.0227. The summed E-state index contributed by atoms with van der Waals surface area (Å²) in [6.07, 6.45) is -2.58. The molecule has 0 unspecified atom stereocenters. The standard InChI is InChI=1S/C25H21ClF3NO4/c1-16-12-19(6-11-23(16)33-15-24(31)32)22(13-17-4-9-21(26)10-5-17)30-34-14-18-2-7-20(8-3-18)25(27,28)29/h2-13,30H,14-15H2,1H3,(H,31,32). The highest BCUT2D eigenvalue weighted by Crippen LogP contribution is 2.29. The molecule has 34 heavy (non-hydrogen) atoms. The third kappa shape index (κ3) is 7.26. The van der Waals surface area contributed by atoms with Crippen LogP contribution in [0.2, 0.25) is 5.02 Å². The van der Waals surface area contributed by atoms with E-state index in [1.165, 1.54) is 12.1 Å². The monoisotopic (exact) mass is 491 g/mol. The van der Waals surface area contributed by atoms with E-state index in [1.807, 2.05) is 18.2 Å². The Kier molecular flexibility index (Phi) is 8.20. The predicted molar refractivity (Wildman–Crippen MR) is 123 cm³/mol. The quantitative estimate of drug-likeness (QED) is 0.270. The van der Waals surface area contributed by atoms with Crippen LogP contribution in [0.5, 0.6) is 5.75 Å². The maximum Gasteiger partial charge on any atom is 0.416 e.